The van der Waals surface area contributed by atoms with Gasteiger partial charge in [0.1, 0.15) is 10.7 Å². The highest BCUT2D eigenvalue weighted by Gasteiger charge is 2.30. The van der Waals surface area contributed by atoms with Crippen LogP contribution in [-0.4, -0.2) is 25.7 Å². The summed E-state index contributed by atoms with van der Waals surface area (Å²) in [6.07, 6.45) is 0.716. The van der Waals surface area contributed by atoms with E-state index in [1.807, 2.05) is 13.8 Å². The van der Waals surface area contributed by atoms with Crippen molar-refractivity contribution >= 4 is 10.0 Å². The van der Waals surface area contributed by atoms with E-state index in [0.29, 0.717) is 12.0 Å². The van der Waals surface area contributed by atoms with Crippen LogP contribution in [0.2, 0.25) is 0 Å². The van der Waals surface area contributed by atoms with E-state index in [1.165, 1.54) is 18.2 Å². The summed E-state index contributed by atoms with van der Waals surface area (Å²) >= 11 is 0. The maximum atomic E-state index is 13.7. The Kier molecular flexibility index (Phi) is 5.29. The van der Waals surface area contributed by atoms with Gasteiger partial charge in [-0.15, -0.1) is 0 Å². The van der Waals surface area contributed by atoms with Crippen LogP contribution in [0, 0.1) is 18.7 Å². The second-order valence-electron chi connectivity index (χ2n) is 5.42. The third-order valence-corrected chi connectivity index (χ3v) is 5.11. The molecule has 0 aliphatic rings. The minimum absolute atomic E-state index is 0.0759. The second-order valence-corrected chi connectivity index (χ2v) is 7.16. The molecule has 4 nitrogen and oxygen atoms in total. The maximum Gasteiger partial charge on any atom is 0.243 e. The summed E-state index contributed by atoms with van der Waals surface area (Å²) in [5.74, 6) is -0.867. The van der Waals surface area contributed by atoms with Gasteiger partial charge in [0, 0.05) is 6.54 Å². The van der Waals surface area contributed by atoms with Gasteiger partial charge in [-0.05, 0) is 37.5 Å². The van der Waals surface area contributed by atoms with Crippen molar-refractivity contribution < 1.29 is 17.9 Å². The van der Waals surface area contributed by atoms with Crippen molar-refractivity contribution in [2.24, 2.45) is 5.92 Å². The molecular weight excluding hydrogens is 281 g/mol. The van der Waals surface area contributed by atoms with Crippen LogP contribution in [0.5, 0.6) is 0 Å². The molecule has 0 amide bonds. The molecule has 0 saturated carbocycles. The van der Waals surface area contributed by atoms with Crippen molar-refractivity contribution in [3.63, 3.8) is 0 Å². The summed E-state index contributed by atoms with van der Waals surface area (Å²) in [4.78, 5) is -0.400. The number of halogens is 1. The third kappa shape index (κ3) is 4.01. The number of hydrogen-bond acceptors (Lipinski definition) is 3. The molecule has 2 unspecified atom stereocenters. The molecule has 0 radical (unpaired) electrons. The molecule has 0 saturated heterocycles. The molecule has 0 heterocycles. The van der Waals surface area contributed by atoms with Gasteiger partial charge in [0.2, 0.25) is 10.0 Å². The Labute approximate surface area is 120 Å². The standard InChI is InChI=1S/C14H22FNO3S/c1-5-11(3)14(4,17)9-16-20(18,19)13-7-6-10(2)8-12(13)15/h6-8,11,16-17H,5,9H2,1-4H3. The van der Waals surface area contributed by atoms with Gasteiger partial charge in [-0.1, -0.05) is 26.3 Å². The van der Waals surface area contributed by atoms with Crippen molar-refractivity contribution in [2.75, 3.05) is 6.54 Å². The monoisotopic (exact) mass is 303 g/mol. The number of benzene rings is 1. The zero-order valence-electron chi connectivity index (χ0n) is 12.3. The highest BCUT2D eigenvalue weighted by molar-refractivity contribution is 7.89. The van der Waals surface area contributed by atoms with Gasteiger partial charge in [0.05, 0.1) is 5.60 Å². The smallest absolute Gasteiger partial charge is 0.243 e. The van der Waals surface area contributed by atoms with E-state index in [-0.39, 0.29) is 12.5 Å². The van der Waals surface area contributed by atoms with Crippen LogP contribution >= 0.6 is 0 Å². The molecule has 0 bridgehead atoms. The maximum absolute atomic E-state index is 13.7. The van der Waals surface area contributed by atoms with Crippen LogP contribution in [-0.2, 0) is 10.0 Å². The van der Waals surface area contributed by atoms with Crippen LogP contribution in [0.1, 0.15) is 32.8 Å². The fourth-order valence-corrected chi connectivity index (χ4v) is 2.96. The van der Waals surface area contributed by atoms with Gasteiger partial charge in [-0.25, -0.2) is 17.5 Å². The molecule has 0 spiro atoms. The average molecular weight is 303 g/mol. The summed E-state index contributed by atoms with van der Waals surface area (Å²) in [5, 5.41) is 10.2. The number of hydrogen-bond donors (Lipinski definition) is 2. The molecule has 114 valence electrons. The lowest BCUT2D eigenvalue weighted by Crippen LogP contribution is -2.45. The molecule has 2 atom stereocenters. The molecule has 1 aromatic rings. The predicted octanol–water partition coefficient (Wildman–Crippen LogP) is 2.21. The van der Waals surface area contributed by atoms with E-state index in [0.717, 1.165) is 0 Å². The topological polar surface area (TPSA) is 66.4 Å². The Bertz CT molecular complexity index is 570. The SMILES string of the molecule is CCC(C)C(C)(O)CNS(=O)(=O)c1ccc(C)cc1F. The number of sulfonamides is 1. The molecule has 0 aliphatic carbocycles. The second kappa shape index (κ2) is 6.20. The average Bonchev–Trinajstić information content (AvgIpc) is 2.35. The van der Waals surface area contributed by atoms with Gasteiger partial charge >= 0.3 is 0 Å². The molecular formula is C14H22FNO3S. The number of aryl methyl sites for hydroxylation is 1. The highest BCUT2D eigenvalue weighted by Crippen LogP contribution is 2.21. The van der Waals surface area contributed by atoms with Crippen LogP contribution in [0.3, 0.4) is 0 Å². The fraction of sp³-hybridized carbons (Fsp3) is 0.571. The van der Waals surface area contributed by atoms with E-state index < -0.39 is 26.3 Å². The van der Waals surface area contributed by atoms with E-state index in [9.17, 15) is 17.9 Å². The first kappa shape index (κ1) is 17.1. The Balaban J connectivity index is 2.91. The summed E-state index contributed by atoms with van der Waals surface area (Å²) in [5.41, 5.74) is -0.531. The van der Waals surface area contributed by atoms with Gasteiger partial charge in [0.15, 0.2) is 0 Å². The molecule has 0 fully saturated rings. The highest BCUT2D eigenvalue weighted by atomic mass is 32.2. The van der Waals surface area contributed by atoms with E-state index in [4.69, 9.17) is 0 Å². The van der Waals surface area contributed by atoms with Crippen molar-refractivity contribution in [3.8, 4) is 0 Å². The first-order valence-electron chi connectivity index (χ1n) is 6.58. The molecule has 6 heteroatoms. The Hall–Kier alpha value is -0.980. The van der Waals surface area contributed by atoms with Crippen molar-refractivity contribution in [1.29, 1.82) is 0 Å². The number of aliphatic hydroxyl groups is 1. The van der Waals surface area contributed by atoms with Crippen LogP contribution in [0.15, 0.2) is 23.1 Å². The van der Waals surface area contributed by atoms with Gasteiger partial charge in [-0.2, -0.15) is 0 Å². The zero-order chi connectivity index (χ0) is 15.6. The van der Waals surface area contributed by atoms with Crippen molar-refractivity contribution in [1.82, 2.24) is 4.72 Å². The summed E-state index contributed by atoms with van der Waals surface area (Å²) in [6, 6.07) is 3.93. The van der Waals surface area contributed by atoms with Gasteiger partial charge < -0.3 is 5.11 Å². The lowest BCUT2D eigenvalue weighted by atomic mass is 9.89. The minimum Gasteiger partial charge on any atom is -0.389 e. The van der Waals surface area contributed by atoms with Crippen molar-refractivity contribution in [3.05, 3.63) is 29.6 Å². The molecule has 1 aromatic carbocycles. The number of nitrogens with one attached hydrogen (secondary N) is 1. The normalized spacial score (nSPS) is 16.7. The lowest BCUT2D eigenvalue weighted by Gasteiger charge is -2.29. The molecule has 1 rings (SSSR count). The van der Waals surface area contributed by atoms with Gasteiger partial charge in [0.25, 0.3) is 0 Å². The lowest BCUT2D eigenvalue weighted by molar-refractivity contribution is 0.0102. The molecule has 0 aromatic heterocycles. The van der Waals surface area contributed by atoms with E-state index >= 15 is 0 Å². The van der Waals surface area contributed by atoms with Crippen LogP contribution in [0.25, 0.3) is 0 Å². The molecule has 2 N–H and O–H groups in total. The first-order chi connectivity index (χ1) is 9.10. The quantitative estimate of drug-likeness (QED) is 0.847. The fourth-order valence-electron chi connectivity index (χ4n) is 1.76. The van der Waals surface area contributed by atoms with E-state index in [2.05, 4.69) is 4.72 Å². The van der Waals surface area contributed by atoms with Crippen LogP contribution in [0.4, 0.5) is 4.39 Å². The Morgan fingerprint density at radius 3 is 2.55 bits per heavy atom. The summed E-state index contributed by atoms with van der Waals surface area (Å²) in [7, 11) is -3.97. The summed E-state index contributed by atoms with van der Waals surface area (Å²) in [6.45, 7) is 6.83. The van der Waals surface area contributed by atoms with Crippen LogP contribution < -0.4 is 4.72 Å². The largest absolute Gasteiger partial charge is 0.389 e. The first-order valence-corrected chi connectivity index (χ1v) is 8.06. The molecule has 0 aliphatic heterocycles. The number of rotatable bonds is 6. The Morgan fingerprint density at radius 2 is 2.05 bits per heavy atom. The van der Waals surface area contributed by atoms with Crippen molar-refractivity contribution in [2.45, 2.75) is 44.6 Å². The summed E-state index contributed by atoms with van der Waals surface area (Å²) < 4.78 is 40.1. The zero-order valence-corrected chi connectivity index (χ0v) is 13.1. The minimum atomic E-state index is -3.97. The predicted molar refractivity (Wildman–Crippen MR) is 76.4 cm³/mol. The van der Waals surface area contributed by atoms with E-state index in [1.54, 1.807) is 13.8 Å². The Morgan fingerprint density at radius 1 is 1.45 bits per heavy atom. The molecule has 20 heavy (non-hydrogen) atoms. The van der Waals surface area contributed by atoms with Gasteiger partial charge in [-0.3, -0.25) is 0 Å². The third-order valence-electron chi connectivity index (χ3n) is 3.67.